The highest BCUT2D eigenvalue weighted by Gasteiger charge is 2.24. The highest BCUT2D eigenvalue weighted by molar-refractivity contribution is 5.76. The number of carbonyl (C=O) groups excluding carboxylic acids is 1. The predicted molar refractivity (Wildman–Crippen MR) is 62.7 cm³/mol. The first-order chi connectivity index (χ1) is 6.90. The fourth-order valence-corrected chi connectivity index (χ4v) is 2.00. The van der Waals surface area contributed by atoms with Gasteiger partial charge in [-0.1, -0.05) is 27.7 Å². The Bertz CT molecular complexity index is 220. The third kappa shape index (κ3) is 4.65. The molecule has 1 amide bonds. The predicted octanol–water partition coefficient (Wildman–Crippen LogP) is 1.63. The van der Waals surface area contributed by atoms with E-state index >= 15 is 0 Å². The monoisotopic (exact) mass is 212 g/mol. The summed E-state index contributed by atoms with van der Waals surface area (Å²) < 4.78 is 0. The summed E-state index contributed by atoms with van der Waals surface area (Å²) in [7, 11) is 0. The SMILES string of the molecule is CCN1CCC(NC(=O)CC(C)(C)C)C1. The second kappa shape index (κ2) is 4.97. The van der Waals surface area contributed by atoms with Crippen molar-refractivity contribution < 1.29 is 4.79 Å². The van der Waals surface area contributed by atoms with E-state index in [1.807, 2.05) is 0 Å². The van der Waals surface area contributed by atoms with E-state index in [0.717, 1.165) is 26.1 Å². The molecule has 1 heterocycles. The molecule has 0 bridgehead atoms. The van der Waals surface area contributed by atoms with Gasteiger partial charge in [0.2, 0.25) is 5.91 Å². The number of likely N-dealkylation sites (N-methyl/N-ethyl adjacent to an activating group) is 1. The second-order valence-electron chi connectivity index (χ2n) is 5.68. The lowest BCUT2D eigenvalue weighted by atomic mass is 9.92. The third-order valence-electron chi connectivity index (χ3n) is 2.78. The zero-order valence-electron chi connectivity index (χ0n) is 10.5. The molecule has 0 radical (unpaired) electrons. The zero-order valence-corrected chi connectivity index (χ0v) is 10.5. The van der Waals surface area contributed by atoms with Gasteiger partial charge < -0.3 is 10.2 Å². The first kappa shape index (κ1) is 12.5. The van der Waals surface area contributed by atoms with Crippen LogP contribution in [-0.2, 0) is 4.79 Å². The van der Waals surface area contributed by atoms with Crippen LogP contribution in [0.1, 0.15) is 40.5 Å². The van der Waals surface area contributed by atoms with E-state index in [-0.39, 0.29) is 11.3 Å². The molecule has 1 atom stereocenters. The molecule has 1 N–H and O–H groups in total. The van der Waals surface area contributed by atoms with Gasteiger partial charge in [-0.15, -0.1) is 0 Å². The van der Waals surface area contributed by atoms with E-state index in [1.54, 1.807) is 0 Å². The Kier molecular flexibility index (Phi) is 4.14. The van der Waals surface area contributed by atoms with Gasteiger partial charge in [0, 0.05) is 25.6 Å². The van der Waals surface area contributed by atoms with Crippen molar-refractivity contribution in [2.24, 2.45) is 5.41 Å². The summed E-state index contributed by atoms with van der Waals surface area (Å²) in [6, 6.07) is 0.375. The first-order valence-electron chi connectivity index (χ1n) is 5.92. The largest absolute Gasteiger partial charge is 0.352 e. The van der Waals surface area contributed by atoms with Gasteiger partial charge in [-0.2, -0.15) is 0 Å². The summed E-state index contributed by atoms with van der Waals surface area (Å²) in [5, 5.41) is 3.12. The molecule has 0 saturated carbocycles. The standard InChI is InChI=1S/C12H24N2O/c1-5-14-7-6-10(9-14)13-11(15)8-12(2,3)4/h10H,5-9H2,1-4H3,(H,13,15). The lowest BCUT2D eigenvalue weighted by Gasteiger charge is -2.20. The van der Waals surface area contributed by atoms with E-state index in [2.05, 4.69) is 37.9 Å². The van der Waals surface area contributed by atoms with Crippen molar-refractivity contribution in [3.63, 3.8) is 0 Å². The molecule has 1 aliphatic rings. The number of likely N-dealkylation sites (tertiary alicyclic amines) is 1. The molecule has 0 aliphatic carbocycles. The fourth-order valence-electron chi connectivity index (χ4n) is 2.00. The molecule has 3 nitrogen and oxygen atoms in total. The molecule has 88 valence electrons. The van der Waals surface area contributed by atoms with E-state index in [0.29, 0.717) is 12.5 Å². The number of amides is 1. The topological polar surface area (TPSA) is 32.3 Å². The molecular weight excluding hydrogens is 188 g/mol. The molecule has 3 heteroatoms. The van der Waals surface area contributed by atoms with E-state index in [1.165, 1.54) is 0 Å². The number of nitrogens with one attached hydrogen (secondary N) is 1. The minimum atomic E-state index is 0.0904. The number of carbonyl (C=O) groups is 1. The maximum atomic E-state index is 11.7. The summed E-state index contributed by atoms with van der Waals surface area (Å²) in [4.78, 5) is 14.1. The summed E-state index contributed by atoms with van der Waals surface area (Å²) in [5.74, 6) is 0.199. The molecule has 15 heavy (non-hydrogen) atoms. The van der Waals surface area contributed by atoms with Gasteiger partial charge >= 0.3 is 0 Å². The van der Waals surface area contributed by atoms with E-state index < -0.39 is 0 Å². The Morgan fingerprint density at radius 2 is 2.13 bits per heavy atom. The molecule has 0 aromatic heterocycles. The fraction of sp³-hybridized carbons (Fsp3) is 0.917. The number of nitrogens with zero attached hydrogens (tertiary/aromatic N) is 1. The van der Waals surface area contributed by atoms with Crippen molar-refractivity contribution in [1.82, 2.24) is 10.2 Å². The molecule has 0 aromatic carbocycles. The van der Waals surface area contributed by atoms with Crippen LogP contribution in [0.3, 0.4) is 0 Å². The first-order valence-corrected chi connectivity index (χ1v) is 5.92. The van der Waals surface area contributed by atoms with Crippen LogP contribution in [-0.4, -0.2) is 36.5 Å². The van der Waals surface area contributed by atoms with Crippen molar-refractivity contribution in [3.05, 3.63) is 0 Å². The molecule has 1 fully saturated rings. The van der Waals surface area contributed by atoms with Gasteiger partial charge in [0.15, 0.2) is 0 Å². The Labute approximate surface area is 93.2 Å². The minimum absolute atomic E-state index is 0.0904. The van der Waals surface area contributed by atoms with Gasteiger partial charge in [-0.25, -0.2) is 0 Å². The smallest absolute Gasteiger partial charge is 0.220 e. The lowest BCUT2D eigenvalue weighted by Crippen LogP contribution is -2.38. The third-order valence-corrected chi connectivity index (χ3v) is 2.78. The summed E-state index contributed by atoms with van der Waals surface area (Å²) >= 11 is 0. The summed E-state index contributed by atoms with van der Waals surface area (Å²) in [5.41, 5.74) is 0.0904. The van der Waals surface area contributed by atoms with Crippen molar-refractivity contribution >= 4 is 5.91 Å². The van der Waals surface area contributed by atoms with Crippen molar-refractivity contribution in [2.75, 3.05) is 19.6 Å². The van der Waals surface area contributed by atoms with Gasteiger partial charge in [-0.3, -0.25) is 4.79 Å². The maximum Gasteiger partial charge on any atom is 0.220 e. The maximum absolute atomic E-state index is 11.7. The Hall–Kier alpha value is -0.570. The number of hydrogen-bond acceptors (Lipinski definition) is 2. The molecule has 1 unspecified atom stereocenters. The highest BCUT2D eigenvalue weighted by atomic mass is 16.1. The molecular formula is C12H24N2O. The normalized spacial score (nSPS) is 23.1. The number of hydrogen-bond donors (Lipinski definition) is 1. The van der Waals surface area contributed by atoms with E-state index in [9.17, 15) is 4.79 Å². The van der Waals surface area contributed by atoms with Gasteiger partial charge in [0.25, 0.3) is 0 Å². The quantitative estimate of drug-likeness (QED) is 0.771. The van der Waals surface area contributed by atoms with Crippen LogP contribution in [0.25, 0.3) is 0 Å². The Morgan fingerprint density at radius 1 is 1.47 bits per heavy atom. The Morgan fingerprint density at radius 3 is 2.60 bits per heavy atom. The van der Waals surface area contributed by atoms with Crippen LogP contribution in [0, 0.1) is 5.41 Å². The van der Waals surface area contributed by atoms with Crippen LogP contribution in [0.2, 0.25) is 0 Å². The van der Waals surface area contributed by atoms with Crippen LogP contribution in [0.4, 0.5) is 0 Å². The summed E-state index contributed by atoms with van der Waals surface area (Å²) in [6.07, 6.45) is 1.72. The van der Waals surface area contributed by atoms with Crippen LogP contribution in [0.15, 0.2) is 0 Å². The number of rotatable bonds is 3. The zero-order chi connectivity index (χ0) is 11.5. The van der Waals surface area contributed by atoms with Crippen molar-refractivity contribution in [3.8, 4) is 0 Å². The minimum Gasteiger partial charge on any atom is -0.352 e. The molecule has 0 aromatic rings. The van der Waals surface area contributed by atoms with Gasteiger partial charge in [0.1, 0.15) is 0 Å². The van der Waals surface area contributed by atoms with Crippen LogP contribution >= 0.6 is 0 Å². The van der Waals surface area contributed by atoms with Gasteiger partial charge in [0.05, 0.1) is 0 Å². The highest BCUT2D eigenvalue weighted by Crippen LogP contribution is 2.18. The van der Waals surface area contributed by atoms with Gasteiger partial charge in [-0.05, 0) is 18.4 Å². The molecule has 1 rings (SSSR count). The Balaban J connectivity index is 2.28. The molecule has 1 saturated heterocycles. The van der Waals surface area contributed by atoms with E-state index in [4.69, 9.17) is 0 Å². The van der Waals surface area contributed by atoms with Crippen molar-refractivity contribution in [1.29, 1.82) is 0 Å². The van der Waals surface area contributed by atoms with Crippen LogP contribution in [0.5, 0.6) is 0 Å². The second-order valence-corrected chi connectivity index (χ2v) is 5.68. The molecule has 0 spiro atoms. The summed E-state index contributed by atoms with van der Waals surface area (Å²) in [6.45, 7) is 11.7. The lowest BCUT2D eigenvalue weighted by molar-refractivity contribution is -0.123. The average Bonchev–Trinajstić information content (AvgIpc) is 2.48. The van der Waals surface area contributed by atoms with Crippen LogP contribution < -0.4 is 5.32 Å². The van der Waals surface area contributed by atoms with Crippen molar-refractivity contribution in [2.45, 2.75) is 46.6 Å². The average molecular weight is 212 g/mol. The molecule has 1 aliphatic heterocycles.